The highest BCUT2D eigenvalue weighted by Crippen LogP contribution is 2.47. The van der Waals surface area contributed by atoms with Gasteiger partial charge >= 0.3 is 5.97 Å². The Bertz CT molecular complexity index is 970. The highest BCUT2D eigenvalue weighted by Gasteiger charge is 2.52. The van der Waals surface area contributed by atoms with Crippen LogP contribution in [0.2, 0.25) is 0 Å². The molecule has 1 saturated carbocycles. The van der Waals surface area contributed by atoms with Gasteiger partial charge in [-0.1, -0.05) is 36.4 Å². The second kappa shape index (κ2) is 6.81. The van der Waals surface area contributed by atoms with Gasteiger partial charge in [0, 0.05) is 23.4 Å². The molecular weight excluding hydrogens is 390 g/mol. The lowest BCUT2D eigenvalue weighted by Crippen LogP contribution is -2.62. The largest absolute Gasteiger partial charge is 0.460 e. The van der Waals surface area contributed by atoms with Gasteiger partial charge in [0.15, 0.2) is 0 Å². The van der Waals surface area contributed by atoms with Crippen LogP contribution in [0.15, 0.2) is 60.0 Å². The van der Waals surface area contributed by atoms with Gasteiger partial charge in [0.2, 0.25) is 5.60 Å². The molecule has 6 heteroatoms. The normalized spacial score (nSPS) is 20.2. The Morgan fingerprint density at radius 3 is 2.50 bits per heavy atom. The standard InChI is InChI=1S/C22H21NO3S2/c24-20(26-16-11-21(12-16)13-23-14-21)22(25,18-7-4-10-27-18)19-9-8-17(28-19)15-5-2-1-3-6-15/h1-10,16,23,25H,11-14H2/t22-/m0/s1. The topological polar surface area (TPSA) is 58.6 Å². The summed E-state index contributed by atoms with van der Waals surface area (Å²) in [5.74, 6) is -0.566. The number of rotatable bonds is 5. The van der Waals surface area contributed by atoms with Crippen LogP contribution in [-0.2, 0) is 15.1 Å². The van der Waals surface area contributed by atoms with Crippen LogP contribution in [0, 0.1) is 5.41 Å². The Balaban J connectivity index is 1.43. The van der Waals surface area contributed by atoms with Crippen molar-refractivity contribution < 1.29 is 14.6 Å². The molecule has 2 aromatic heterocycles. The van der Waals surface area contributed by atoms with Crippen LogP contribution >= 0.6 is 22.7 Å². The molecule has 3 aromatic rings. The highest BCUT2D eigenvalue weighted by atomic mass is 32.1. The molecule has 1 aliphatic heterocycles. The smallest absolute Gasteiger partial charge is 0.349 e. The molecule has 1 aliphatic carbocycles. The van der Waals surface area contributed by atoms with Gasteiger partial charge in [-0.2, -0.15) is 0 Å². The van der Waals surface area contributed by atoms with E-state index in [2.05, 4.69) is 5.32 Å². The maximum Gasteiger partial charge on any atom is 0.349 e. The van der Waals surface area contributed by atoms with E-state index in [4.69, 9.17) is 4.74 Å². The SMILES string of the molecule is O=C(OC1CC2(CNC2)C1)[C@](O)(c1cccs1)c1ccc(-c2ccccc2)s1. The molecule has 144 valence electrons. The van der Waals surface area contributed by atoms with Gasteiger partial charge in [-0.3, -0.25) is 0 Å². The first-order valence-electron chi connectivity index (χ1n) is 9.43. The van der Waals surface area contributed by atoms with Crippen LogP contribution in [0.3, 0.4) is 0 Å². The quantitative estimate of drug-likeness (QED) is 0.623. The van der Waals surface area contributed by atoms with Crippen LogP contribution in [0.5, 0.6) is 0 Å². The van der Waals surface area contributed by atoms with Gasteiger partial charge < -0.3 is 15.2 Å². The van der Waals surface area contributed by atoms with E-state index in [-0.39, 0.29) is 6.10 Å². The summed E-state index contributed by atoms with van der Waals surface area (Å²) in [5, 5.41) is 16.7. The van der Waals surface area contributed by atoms with Crippen molar-refractivity contribution in [3.05, 3.63) is 69.7 Å². The number of thiophene rings is 2. The molecule has 2 aliphatic rings. The number of ether oxygens (including phenoxy) is 1. The number of carbonyl (C=O) groups excluding carboxylic acids is 1. The van der Waals surface area contributed by atoms with Crippen LogP contribution in [0.4, 0.5) is 0 Å². The lowest BCUT2D eigenvalue weighted by atomic mass is 9.63. The Morgan fingerprint density at radius 1 is 1.07 bits per heavy atom. The van der Waals surface area contributed by atoms with E-state index in [1.807, 2.05) is 53.9 Å². The fraction of sp³-hybridized carbons (Fsp3) is 0.318. The van der Waals surface area contributed by atoms with E-state index in [1.54, 1.807) is 6.07 Å². The van der Waals surface area contributed by atoms with Gasteiger partial charge in [0.25, 0.3) is 0 Å². The molecule has 0 radical (unpaired) electrons. The predicted octanol–water partition coefficient (Wildman–Crippen LogP) is 4.01. The molecule has 2 N–H and O–H groups in total. The van der Waals surface area contributed by atoms with Crippen LogP contribution in [-0.4, -0.2) is 30.3 Å². The van der Waals surface area contributed by atoms with Gasteiger partial charge in [-0.05, 0) is 42.0 Å². The Hall–Kier alpha value is -1.99. The molecule has 1 saturated heterocycles. The number of aliphatic hydroxyl groups is 1. The van der Waals surface area contributed by atoms with E-state index in [0.29, 0.717) is 15.2 Å². The van der Waals surface area contributed by atoms with E-state index >= 15 is 0 Å². The van der Waals surface area contributed by atoms with Crippen molar-refractivity contribution in [3.8, 4) is 10.4 Å². The first-order chi connectivity index (χ1) is 13.6. The lowest BCUT2D eigenvalue weighted by Gasteiger charge is -2.53. The minimum absolute atomic E-state index is 0.102. The summed E-state index contributed by atoms with van der Waals surface area (Å²) in [5.41, 5.74) is -0.374. The van der Waals surface area contributed by atoms with Gasteiger partial charge in [-0.25, -0.2) is 4.79 Å². The number of carbonyl (C=O) groups is 1. The minimum Gasteiger partial charge on any atom is -0.460 e. The zero-order chi connectivity index (χ0) is 19.2. The van der Waals surface area contributed by atoms with E-state index < -0.39 is 11.6 Å². The highest BCUT2D eigenvalue weighted by molar-refractivity contribution is 7.16. The number of benzene rings is 1. The van der Waals surface area contributed by atoms with Crippen molar-refractivity contribution in [3.63, 3.8) is 0 Å². The molecule has 0 amide bonds. The third-order valence-electron chi connectivity index (χ3n) is 5.79. The van der Waals surface area contributed by atoms with Crippen molar-refractivity contribution in [2.45, 2.75) is 24.5 Å². The fourth-order valence-electron chi connectivity index (χ4n) is 4.09. The zero-order valence-corrected chi connectivity index (χ0v) is 16.9. The van der Waals surface area contributed by atoms with Crippen molar-refractivity contribution >= 4 is 28.6 Å². The fourth-order valence-corrected chi connectivity index (χ4v) is 6.08. The minimum atomic E-state index is -1.76. The summed E-state index contributed by atoms with van der Waals surface area (Å²) in [6.07, 6.45) is 1.66. The summed E-state index contributed by atoms with van der Waals surface area (Å²) in [6.45, 7) is 2.00. The van der Waals surface area contributed by atoms with Crippen LogP contribution in [0.1, 0.15) is 22.6 Å². The van der Waals surface area contributed by atoms with E-state index in [1.165, 1.54) is 22.7 Å². The molecule has 1 spiro atoms. The molecule has 5 rings (SSSR count). The summed E-state index contributed by atoms with van der Waals surface area (Å²) < 4.78 is 5.77. The van der Waals surface area contributed by atoms with Gasteiger partial charge in [0.05, 0.1) is 9.75 Å². The molecule has 1 aromatic carbocycles. The van der Waals surface area contributed by atoms with Crippen molar-refractivity contribution in [2.24, 2.45) is 5.41 Å². The predicted molar refractivity (Wildman–Crippen MR) is 111 cm³/mol. The van der Waals surface area contributed by atoms with Gasteiger partial charge in [0.1, 0.15) is 6.10 Å². The van der Waals surface area contributed by atoms with Crippen molar-refractivity contribution in [1.82, 2.24) is 5.32 Å². The Morgan fingerprint density at radius 2 is 1.86 bits per heavy atom. The average Bonchev–Trinajstić information content (AvgIpc) is 3.35. The summed E-state index contributed by atoms with van der Waals surface area (Å²) in [6, 6.07) is 17.4. The first-order valence-corrected chi connectivity index (χ1v) is 11.1. The summed E-state index contributed by atoms with van der Waals surface area (Å²) in [7, 11) is 0. The molecule has 2 fully saturated rings. The molecule has 0 bridgehead atoms. The number of esters is 1. The monoisotopic (exact) mass is 411 g/mol. The third kappa shape index (κ3) is 2.92. The molecule has 4 nitrogen and oxygen atoms in total. The second-order valence-corrected chi connectivity index (χ2v) is 9.79. The van der Waals surface area contributed by atoms with Crippen molar-refractivity contribution in [2.75, 3.05) is 13.1 Å². The second-order valence-electron chi connectivity index (χ2n) is 7.76. The summed E-state index contributed by atoms with van der Waals surface area (Å²) >= 11 is 2.81. The third-order valence-corrected chi connectivity index (χ3v) is 8.01. The van der Waals surface area contributed by atoms with Crippen LogP contribution < -0.4 is 5.32 Å². The van der Waals surface area contributed by atoms with Crippen molar-refractivity contribution in [1.29, 1.82) is 0 Å². The zero-order valence-electron chi connectivity index (χ0n) is 15.3. The first kappa shape index (κ1) is 18.1. The molecule has 1 atom stereocenters. The molecular formula is C22H21NO3S2. The maximum atomic E-state index is 13.2. The maximum absolute atomic E-state index is 13.2. The Kier molecular flexibility index (Phi) is 4.39. The molecule has 0 unspecified atom stereocenters. The van der Waals surface area contributed by atoms with E-state index in [9.17, 15) is 9.90 Å². The van der Waals surface area contributed by atoms with Gasteiger partial charge in [-0.15, -0.1) is 22.7 Å². The molecule has 3 heterocycles. The number of hydrogen-bond donors (Lipinski definition) is 2. The summed E-state index contributed by atoms with van der Waals surface area (Å²) in [4.78, 5) is 15.4. The van der Waals surface area contributed by atoms with Crippen LogP contribution in [0.25, 0.3) is 10.4 Å². The average molecular weight is 412 g/mol. The Labute approximate surface area is 171 Å². The van der Waals surface area contributed by atoms with E-state index in [0.717, 1.165) is 36.4 Å². The number of hydrogen-bond acceptors (Lipinski definition) is 6. The molecule has 28 heavy (non-hydrogen) atoms. The number of nitrogens with one attached hydrogen (secondary N) is 1. The lowest BCUT2D eigenvalue weighted by molar-refractivity contribution is -0.182.